The van der Waals surface area contributed by atoms with E-state index in [0.29, 0.717) is 52.4 Å². The molecule has 5 aromatic rings. The monoisotopic (exact) mass is 563 g/mol. The Balaban J connectivity index is 1.29. The minimum atomic E-state index is -0.470. The first-order chi connectivity index (χ1) is 20.4. The summed E-state index contributed by atoms with van der Waals surface area (Å²) in [6.07, 6.45) is 2.83. The number of nitrogens with zero attached hydrogens (tertiary/aromatic N) is 5. The van der Waals surface area contributed by atoms with Crippen molar-refractivity contribution in [3.05, 3.63) is 107 Å². The average Bonchev–Trinajstić information content (AvgIpc) is 3.45. The molecule has 42 heavy (non-hydrogen) atoms. The Bertz CT molecular complexity index is 1820. The summed E-state index contributed by atoms with van der Waals surface area (Å²) in [6.45, 7) is 6.66. The average molecular weight is 564 g/mol. The van der Waals surface area contributed by atoms with Gasteiger partial charge in [0, 0.05) is 35.6 Å². The predicted octanol–water partition coefficient (Wildman–Crippen LogP) is 6.10. The number of ether oxygens (including phenoxy) is 1. The third kappa shape index (κ3) is 4.91. The fourth-order valence-electron chi connectivity index (χ4n) is 5.51. The Labute approximate surface area is 242 Å². The molecule has 0 fully saturated rings. The van der Waals surface area contributed by atoms with E-state index < -0.39 is 11.8 Å². The molecule has 0 aliphatic carbocycles. The van der Waals surface area contributed by atoms with Crippen LogP contribution in [-0.2, 0) is 17.6 Å². The molecule has 3 aromatic heterocycles. The molecular weight excluding hydrogens is 533 g/mol. The molecule has 6 rings (SSSR count). The number of aromatic nitrogens is 4. The smallest absolute Gasteiger partial charge is 0.339 e. The maximum absolute atomic E-state index is 15.4. The van der Waals surface area contributed by atoms with Gasteiger partial charge < -0.3 is 9.64 Å². The number of halogens is 1. The lowest BCUT2D eigenvalue weighted by Crippen LogP contribution is -2.39. The normalized spacial score (nSPS) is 14.6. The highest BCUT2D eigenvalue weighted by atomic mass is 19.1. The van der Waals surface area contributed by atoms with Crippen molar-refractivity contribution in [2.45, 2.75) is 39.7 Å². The van der Waals surface area contributed by atoms with Crippen molar-refractivity contribution in [1.29, 1.82) is 0 Å². The Kier molecular flexibility index (Phi) is 7.24. The molecule has 0 bridgehead atoms. The van der Waals surface area contributed by atoms with Gasteiger partial charge in [0.1, 0.15) is 11.5 Å². The summed E-state index contributed by atoms with van der Waals surface area (Å²) in [5.41, 5.74) is 6.21. The molecule has 0 unspecified atom stereocenters. The van der Waals surface area contributed by atoms with Crippen molar-refractivity contribution in [3.63, 3.8) is 0 Å². The van der Waals surface area contributed by atoms with E-state index in [0.717, 1.165) is 17.7 Å². The van der Waals surface area contributed by atoms with E-state index in [1.165, 1.54) is 17.8 Å². The zero-order chi connectivity index (χ0) is 29.4. The molecule has 0 saturated carbocycles. The van der Waals surface area contributed by atoms with Gasteiger partial charge in [0.25, 0.3) is 5.91 Å². The number of aryl methyl sites for hydroxylation is 1. The lowest BCUT2D eigenvalue weighted by molar-refractivity contribution is 0.0525. The van der Waals surface area contributed by atoms with Crippen LogP contribution in [0.1, 0.15) is 64.5 Å². The van der Waals surface area contributed by atoms with Gasteiger partial charge in [-0.2, -0.15) is 5.10 Å². The first-order valence-corrected chi connectivity index (χ1v) is 14.1. The third-order valence-corrected chi connectivity index (χ3v) is 7.75. The maximum atomic E-state index is 15.4. The van der Waals surface area contributed by atoms with E-state index in [9.17, 15) is 9.59 Å². The van der Waals surface area contributed by atoms with E-state index in [2.05, 4.69) is 27.2 Å². The van der Waals surface area contributed by atoms with Crippen LogP contribution in [0.5, 0.6) is 0 Å². The molecule has 1 aliphatic heterocycles. The molecule has 0 spiro atoms. The lowest BCUT2D eigenvalue weighted by Gasteiger charge is -2.35. The first-order valence-electron chi connectivity index (χ1n) is 14.1. The van der Waals surface area contributed by atoms with Crippen molar-refractivity contribution in [1.82, 2.24) is 24.5 Å². The highest BCUT2D eigenvalue weighted by molar-refractivity contribution is 5.93. The maximum Gasteiger partial charge on any atom is 0.339 e. The van der Waals surface area contributed by atoms with Crippen molar-refractivity contribution in [2.75, 3.05) is 13.2 Å². The second-order valence-corrected chi connectivity index (χ2v) is 10.3. The second-order valence-electron chi connectivity index (χ2n) is 10.3. The van der Waals surface area contributed by atoms with Gasteiger partial charge in [0.05, 0.1) is 29.6 Å². The van der Waals surface area contributed by atoms with Crippen LogP contribution in [0.15, 0.2) is 72.9 Å². The van der Waals surface area contributed by atoms with Gasteiger partial charge in [-0.05, 0) is 68.1 Å². The molecule has 4 heterocycles. The highest BCUT2D eigenvalue weighted by Gasteiger charge is 2.29. The van der Waals surface area contributed by atoms with Crippen LogP contribution < -0.4 is 0 Å². The van der Waals surface area contributed by atoms with Crippen LogP contribution in [0.2, 0.25) is 0 Å². The van der Waals surface area contributed by atoms with Gasteiger partial charge in [-0.3, -0.25) is 9.78 Å². The molecule has 8 nitrogen and oxygen atoms in total. The third-order valence-electron chi connectivity index (χ3n) is 7.75. The molecule has 1 amide bonds. The minimum absolute atomic E-state index is 0.0607. The molecule has 0 saturated heterocycles. The zero-order valence-electron chi connectivity index (χ0n) is 23.7. The molecule has 1 aliphatic rings. The van der Waals surface area contributed by atoms with Gasteiger partial charge in [-0.15, -0.1) is 0 Å². The van der Waals surface area contributed by atoms with Gasteiger partial charge in [-0.1, -0.05) is 37.3 Å². The minimum Gasteiger partial charge on any atom is -0.462 e. The Morgan fingerprint density at radius 2 is 1.86 bits per heavy atom. The Morgan fingerprint density at radius 1 is 1.02 bits per heavy atom. The Morgan fingerprint density at radius 3 is 2.60 bits per heavy atom. The van der Waals surface area contributed by atoms with E-state index >= 15 is 4.39 Å². The van der Waals surface area contributed by atoms with Crippen LogP contribution >= 0.6 is 0 Å². The Hall–Kier alpha value is -4.92. The van der Waals surface area contributed by atoms with Crippen LogP contribution in [0.25, 0.3) is 28.2 Å². The van der Waals surface area contributed by atoms with Gasteiger partial charge in [-0.25, -0.2) is 18.7 Å². The van der Waals surface area contributed by atoms with E-state index in [1.807, 2.05) is 30.9 Å². The molecule has 1 atom stereocenters. The second kappa shape index (κ2) is 11.2. The summed E-state index contributed by atoms with van der Waals surface area (Å²) in [7, 11) is 0. The molecule has 0 N–H and O–H groups in total. The fourth-order valence-corrected chi connectivity index (χ4v) is 5.51. The topological polar surface area (TPSA) is 89.7 Å². The summed E-state index contributed by atoms with van der Waals surface area (Å²) in [6, 6.07) is 19.7. The zero-order valence-corrected chi connectivity index (χ0v) is 23.7. The number of pyridine rings is 1. The first kappa shape index (κ1) is 27.3. The number of amides is 1. The van der Waals surface area contributed by atoms with E-state index in [1.54, 1.807) is 47.8 Å². The van der Waals surface area contributed by atoms with Crippen molar-refractivity contribution in [2.24, 2.45) is 0 Å². The number of hydrogen-bond donors (Lipinski definition) is 0. The lowest BCUT2D eigenvalue weighted by atomic mass is 9.93. The van der Waals surface area contributed by atoms with Crippen LogP contribution in [-0.4, -0.2) is 49.5 Å². The largest absolute Gasteiger partial charge is 0.462 e. The fraction of sp³-hybridized carbons (Fsp3) is 0.242. The van der Waals surface area contributed by atoms with E-state index in [4.69, 9.17) is 4.74 Å². The molecule has 9 heteroatoms. The molecule has 0 radical (unpaired) electrons. The summed E-state index contributed by atoms with van der Waals surface area (Å²) >= 11 is 0. The van der Waals surface area contributed by atoms with E-state index in [-0.39, 0.29) is 18.6 Å². The van der Waals surface area contributed by atoms with Gasteiger partial charge >= 0.3 is 5.97 Å². The summed E-state index contributed by atoms with van der Waals surface area (Å²) in [4.78, 5) is 36.4. The number of fused-ring (bicyclic) bond motifs is 2. The van der Waals surface area contributed by atoms with Crippen molar-refractivity contribution < 1.29 is 18.7 Å². The number of benzene rings is 2. The van der Waals surface area contributed by atoms with Gasteiger partial charge in [0.2, 0.25) is 0 Å². The summed E-state index contributed by atoms with van der Waals surface area (Å²) in [5, 5.41) is 4.65. The molecule has 212 valence electrons. The highest BCUT2D eigenvalue weighted by Crippen LogP contribution is 2.31. The van der Waals surface area contributed by atoms with Gasteiger partial charge in [0.15, 0.2) is 5.65 Å². The van der Waals surface area contributed by atoms with Crippen LogP contribution in [0.3, 0.4) is 0 Å². The standard InChI is InChI=1S/C33H30FN5O3/c1-4-24-17-30(32(40)38-15-14-21-8-6-7-9-25(21)20(38)3)36-31-18-29(37-39(24)31)26-12-10-22(16-27(26)34)28-13-11-23(19-35-28)33(41)42-5-2/h6-13,16-20H,4-5,14-15H2,1-3H3/t20-/m1/s1. The summed E-state index contributed by atoms with van der Waals surface area (Å²) in [5.74, 6) is -1.05. The number of rotatable bonds is 6. The number of carbonyl (C=O) groups excluding carboxylic acids is 2. The van der Waals surface area contributed by atoms with Crippen LogP contribution in [0, 0.1) is 5.82 Å². The number of carbonyl (C=O) groups is 2. The molecular formula is C33H30FN5O3. The van der Waals surface area contributed by atoms with Crippen molar-refractivity contribution in [3.8, 4) is 22.5 Å². The number of esters is 1. The summed E-state index contributed by atoms with van der Waals surface area (Å²) < 4.78 is 22.1. The number of hydrogen-bond acceptors (Lipinski definition) is 6. The predicted molar refractivity (Wildman–Crippen MR) is 157 cm³/mol. The van der Waals surface area contributed by atoms with Crippen molar-refractivity contribution >= 4 is 17.5 Å². The quantitative estimate of drug-likeness (QED) is 0.232. The van der Waals surface area contributed by atoms with Crippen LogP contribution in [0.4, 0.5) is 4.39 Å². The SMILES string of the molecule is CCOC(=O)c1ccc(-c2ccc(-c3cc4nc(C(=O)N5CCc6ccccc6[C@H]5C)cc(CC)n4n3)c(F)c2)nc1. The molecule has 2 aromatic carbocycles.